The topological polar surface area (TPSA) is 104 Å². The molecule has 3 rings (SSSR count). The third kappa shape index (κ3) is 4.22. The summed E-state index contributed by atoms with van der Waals surface area (Å²) in [4.78, 5) is 28.0. The number of benzene rings is 1. The van der Waals surface area contributed by atoms with Gasteiger partial charge >= 0.3 is 17.5 Å². The van der Waals surface area contributed by atoms with Gasteiger partial charge in [0.15, 0.2) is 0 Å². The Morgan fingerprint density at radius 3 is 2.66 bits per heavy atom. The summed E-state index contributed by atoms with van der Waals surface area (Å²) < 4.78 is 44.9. The maximum atomic E-state index is 13.0. The van der Waals surface area contributed by atoms with Gasteiger partial charge in [-0.05, 0) is 28.5 Å². The number of thioether (sulfide) groups is 1. The van der Waals surface area contributed by atoms with Crippen LogP contribution < -0.4 is 10.3 Å². The molecule has 0 saturated carbocycles. The number of aryl methyl sites for hydroxylation is 1. The average Bonchev–Trinajstić information content (AvgIpc) is 3.07. The molecule has 0 aliphatic carbocycles. The molecule has 1 N–H and O–H groups in total. The lowest BCUT2D eigenvalue weighted by atomic mass is 10.1. The quantitative estimate of drug-likeness (QED) is 0.386. The monoisotopic (exact) mass is 421 g/mol. The van der Waals surface area contributed by atoms with Crippen molar-refractivity contribution in [2.75, 3.05) is 5.75 Å². The normalized spacial score (nSPS) is 11.3. The Hall–Kier alpha value is -3.39. The summed E-state index contributed by atoms with van der Waals surface area (Å²) in [6.07, 6.45) is -4.70. The zero-order valence-electron chi connectivity index (χ0n) is 14.8. The smallest absolute Gasteiger partial charge is 0.286 e. The van der Waals surface area contributed by atoms with E-state index in [1.807, 2.05) is 0 Å². The Kier molecular flexibility index (Phi) is 5.56. The fraction of sp³-hybridized carbons (Fsp3) is 0.167. The maximum Gasteiger partial charge on any atom is 0.438 e. The van der Waals surface area contributed by atoms with E-state index >= 15 is 0 Å². The van der Waals surface area contributed by atoms with Crippen LogP contribution in [0.4, 0.5) is 13.2 Å². The van der Waals surface area contributed by atoms with Crippen molar-refractivity contribution in [3.8, 4) is 11.8 Å². The molecule has 148 valence electrons. The number of nitrogens with zero attached hydrogens (tertiary/aromatic N) is 3. The minimum Gasteiger partial charge on any atom is -0.286 e. The minimum atomic E-state index is -4.70. The highest BCUT2D eigenvalue weighted by atomic mass is 32.2. The van der Waals surface area contributed by atoms with Crippen LogP contribution in [0.5, 0.6) is 0 Å². The lowest BCUT2D eigenvalue weighted by Gasteiger charge is -2.10. The minimum absolute atomic E-state index is 0.0622. The zero-order valence-corrected chi connectivity index (χ0v) is 15.6. The van der Waals surface area contributed by atoms with Gasteiger partial charge in [-0.1, -0.05) is 30.0 Å². The first kappa shape index (κ1) is 20.3. The molecule has 0 atom stereocenters. The summed E-state index contributed by atoms with van der Waals surface area (Å²) in [7, 11) is 0. The number of hydrogen-bond acceptors (Lipinski definition) is 6. The number of hydrogen-bond donors (Lipinski definition) is 1. The number of nitrogens with one attached hydrogen (secondary N) is 1. The van der Waals surface area contributed by atoms with Crippen LogP contribution in [0.3, 0.4) is 0 Å². The van der Waals surface area contributed by atoms with Crippen molar-refractivity contribution in [3.63, 3.8) is 0 Å². The van der Waals surface area contributed by atoms with Crippen LogP contribution in [0, 0.1) is 18.3 Å². The van der Waals surface area contributed by atoms with Crippen LogP contribution in [0.25, 0.3) is 5.69 Å². The van der Waals surface area contributed by atoms with Crippen LogP contribution in [0.2, 0.25) is 0 Å². The molecule has 1 aromatic carbocycles. The number of aromatic nitrogens is 3. The summed E-state index contributed by atoms with van der Waals surface area (Å²) in [5.74, 6) is -1.12. The van der Waals surface area contributed by atoms with E-state index in [2.05, 4.69) is 14.8 Å². The van der Waals surface area contributed by atoms with Gasteiger partial charge in [0.05, 0.1) is 11.3 Å². The summed E-state index contributed by atoms with van der Waals surface area (Å²) in [6, 6.07) is 10.9. The largest absolute Gasteiger partial charge is 0.438 e. The van der Waals surface area contributed by atoms with E-state index in [-0.39, 0.29) is 21.8 Å². The molecule has 0 aliphatic rings. The third-order valence-electron chi connectivity index (χ3n) is 3.85. The second kappa shape index (κ2) is 7.92. The standard InChI is InChI=1S/C18H11F3N4O3S/c1-10-7-14(18(19,20)21)23-16(12(10)8-22)29-9-13(26)15-17(27)28-24-25(15)11-5-3-2-4-6-11/h2-7H,9H2,1H3/p+1. The van der Waals surface area contributed by atoms with Crippen molar-refractivity contribution >= 4 is 17.5 Å². The Balaban J connectivity index is 1.92. The second-order valence-corrected chi connectivity index (χ2v) is 6.79. The van der Waals surface area contributed by atoms with E-state index in [4.69, 9.17) is 0 Å². The number of aromatic amines is 1. The van der Waals surface area contributed by atoms with Crippen molar-refractivity contribution < 1.29 is 27.2 Å². The van der Waals surface area contributed by atoms with Gasteiger partial charge in [-0.3, -0.25) is 9.32 Å². The number of Topliss-reactive ketones (excluding diaryl/α,β-unsaturated/α-hetero) is 1. The van der Waals surface area contributed by atoms with Crippen LogP contribution >= 0.6 is 11.8 Å². The number of halogens is 3. The second-order valence-electron chi connectivity index (χ2n) is 5.83. The first-order valence-electron chi connectivity index (χ1n) is 8.06. The molecule has 7 nitrogen and oxygen atoms in total. The molecule has 29 heavy (non-hydrogen) atoms. The number of alkyl halides is 3. The number of pyridine rings is 1. The molecule has 3 aromatic rings. The van der Waals surface area contributed by atoms with Gasteiger partial charge in [0.25, 0.3) is 0 Å². The van der Waals surface area contributed by atoms with Crippen LogP contribution in [-0.4, -0.2) is 21.8 Å². The van der Waals surface area contributed by atoms with Gasteiger partial charge in [0.1, 0.15) is 16.8 Å². The van der Waals surface area contributed by atoms with E-state index in [9.17, 15) is 28.0 Å². The highest BCUT2D eigenvalue weighted by molar-refractivity contribution is 8.00. The number of para-hydroxylation sites is 1. The lowest BCUT2D eigenvalue weighted by molar-refractivity contribution is -0.672. The predicted octanol–water partition coefficient (Wildman–Crippen LogP) is 2.81. The molecule has 0 radical (unpaired) electrons. The van der Waals surface area contributed by atoms with Crippen LogP contribution in [-0.2, 0) is 6.18 Å². The fourth-order valence-electron chi connectivity index (χ4n) is 2.50. The van der Waals surface area contributed by atoms with Gasteiger partial charge in [-0.2, -0.15) is 18.4 Å². The summed E-state index contributed by atoms with van der Waals surface area (Å²) in [5, 5.41) is 11.3. The number of carbonyl (C=O) groups excluding carboxylic acids is 1. The predicted molar refractivity (Wildman–Crippen MR) is 94.6 cm³/mol. The highest BCUT2D eigenvalue weighted by Gasteiger charge is 2.35. The Morgan fingerprint density at radius 2 is 2.03 bits per heavy atom. The van der Waals surface area contributed by atoms with Crippen molar-refractivity contribution in [3.05, 3.63) is 69.3 Å². The van der Waals surface area contributed by atoms with Crippen LogP contribution in [0.15, 0.2) is 50.7 Å². The number of rotatable bonds is 5. The molecular formula is C18H12F3N4O3S+. The molecule has 0 saturated heterocycles. The Labute approximate surface area is 165 Å². The highest BCUT2D eigenvalue weighted by Crippen LogP contribution is 2.32. The van der Waals surface area contributed by atoms with Gasteiger partial charge in [-0.15, -0.1) is 0 Å². The summed E-state index contributed by atoms with van der Waals surface area (Å²) >= 11 is 0.644. The number of carbonyl (C=O) groups is 1. The van der Waals surface area contributed by atoms with Gasteiger partial charge < -0.3 is 0 Å². The van der Waals surface area contributed by atoms with Crippen molar-refractivity contribution in [1.82, 2.24) is 10.3 Å². The third-order valence-corrected chi connectivity index (χ3v) is 4.83. The first-order chi connectivity index (χ1) is 13.7. The van der Waals surface area contributed by atoms with E-state index in [0.29, 0.717) is 17.4 Å². The number of ketones is 1. The summed E-state index contributed by atoms with van der Waals surface area (Å²) in [6.45, 7) is 1.35. The zero-order chi connectivity index (χ0) is 21.2. The van der Waals surface area contributed by atoms with E-state index in [1.165, 1.54) is 6.92 Å². The fourth-order valence-corrected chi connectivity index (χ4v) is 3.42. The van der Waals surface area contributed by atoms with Crippen LogP contribution in [0.1, 0.15) is 27.3 Å². The first-order valence-corrected chi connectivity index (χ1v) is 9.05. The van der Waals surface area contributed by atoms with Gasteiger partial charge in [-0.25, -0.2) is 9.78 Å². The molecule has 2 aromatic heterocycles. The Bertz CT molecular complexity index is 1160. The van der Waals surface area contributed by atoms with Gasteiger partial charge in [0, 0.05) is 12.1 Å². The molecular weight excluding hydrogens is 409 g/mol. The maximum absolute atomic E-state index is 13.0. The molecule has 0 aliphatic heterocycles. The summed E-state index contributed by atoms with van der Waals surface area (Å²) in [5.41, 5.74) is -1.93. The molecule has 0 amide bonds. The molecule has 0 fully saturated rings. The SMILES string of the molecule is Cc1cc(C(F)(F)F)nc(SCC(=O)c2c(=O)o[nH][n+]2-c2ccccc2)c1C#N. The average molecular weight is 421 g/mol. The molecule has 0 spiro atoms. The van der Waals surface area contributed by atoms with Crippen molar-refractivity contribution in [2.24, 2.45) is 0 Å². The van der Waals surface area contributed by atoms with E-state index in [1.54, 1.807) is 36.4 Å². The van der Waals surface area contributed by atoms with E-state index < -0.39 is 29.0 Å². The molecule has 2 heterocycles. The van der Waals surface area contributed by atoms with Crippen molar-refractivity contribution in [1.29, 1.82) is 5.26 Å². The van der Waals surface area contributed by atoms with Gasteiger partial charge in [0.2, 0.25) is 11.5 Å². The van der Waals surface area contributed by atoms with Crippen molar-refractivity contribution in [2.45, 2.75) is 18.1 Å². The molecule has 0 unspecified atom stereocenters. The Morgan fingerprint density at radius 1 is 1.34 bits per heavy atom. The lowest BCUT2D eigenvalue weighted by Crippen LogP contribution is -2.41. The van der Waals surface area contributed by atoms with E-state index in [0.717, 1.165) is 10.7 Å². The number of nitriles is 1. The number of H-pyrrole nitrogens is 1. The molecule has 11 heteroatoms. The molecule has 0 bridgehead atoms.